The fourth-order valence-electron chi connectivity index (χ4n) is 3.54. The molecule has 118 valence electrons. The van der Waals surface area contributed by atoms with E-state index in [0.717, 1.165) is 5.54 Å². The molecule has 0 spiro atoms. The maximum Gasteiger partial charge on any atom is 0.0533 e. The van der Waals surface area contributed by atoms with E-state index in [4.69, 9.17) is 0 Å². The highest BCUT2D eigenvalue weighted by Gasteiger charge is 2.35. The lowest BCUT2D eigenvalue weighted by Crippen LogP contribution is -2.45. The minimum absolute atomic E-state index is 0.381. The van der Waals surface area contributed by atoms with Crippen molar-refractivity contribution in [1.82, 2.24) is 5.32 Å². The summed E-state index contributed by atoms with van der Waals surface area (Å²) in [6, 6.07) is 0.472. The molecule has 0 radical (unpaired) electrons. The summed E-state index contributed by atoms with van der Waals surface area (Å²) in [6.45, 7) is 15.8. The summed E-state index contributed by atoms with van der Waals surface area (Å²) in [4.78, 5) is 0. The van der Waals surface area contributed by atoms with Gasteiger partial charge in [-0.15, -0.1) is 0 Å². The number of rotatable bonds is 3. The van der Waals surface area contributed by atoms with E-state index >= 15 is 0 Å². The second kappa shape index (κ2) is 6.25. The highest BCUT2D eigenvalue weighted by molar-refractivity contribution is 6.78. The summed E-state index contributed by atoms with van der Waals surface area (Å²) in [5.41, 5.74) is 4.46. The smallest absolute Gasteiger partial charge is 0.0533 e. The molecule has 0 aromatic carbocycles. The quantitative estimate of drug-likeness (QED) is 0.550. The van der Waals surface area contributed by atoms with Gasteiger partial charge in [0.1, 0.15) is 0 Å². The molecule has 21 heavy (non-hydrogen) atoms. The van der Waals surface area contributed by atoms with Crippen LogP contribution in [0.15, 0.2) is 35.5 Å². The maximum atomic E-state index is 3.82. The van der Waals surface area contributed by atoms with Crippen LogP contribution in [0.1, 0.15) is 40.0 Å². The van der Waals surface area contributed by atoms with E-state index in [1.165, 1.54) is 25.8 Å². The molecule has 1 aliphatic carbocycles. The number of hydrogen-bond acceptors (Lipinski definition) is 1. The lowest BCUT2D eigenvalue weighted by Gasteiger charge is -2.40. The number of nitrogens with one attached hydrogen (secondary N) is 1. The third-order valence-electron chi connectivity index (χ3n) is 4.60. The van der Waals surface area contributed by atoms with E-state index in [2.05, 4.69) is 70.0 Å². The van der Waals surface area contributed by atoms with E-state index in [9.17, 15) is 0 Å². The molecule has 2 aliphatic rings. The molecule has 2 rings (SSSR count). The molecular weight excluding hydrogens is 270 g/mol. The fourth-order valence-corrected chi connectivity index (χ4v) is 5.58. The van der Waals surface area contributed by atoms with Crippen LogP contribution in [-0.4, -0.2) is 20.7 Å². The average Bonchev–Trinajstić information content (AvgIpc) is 2.36. The van der Waals surface area contributed by atoms with Crippen molar-refractivity contribution in [2.75, 3.05) is 6.54 Å². The second-order valence-electron chi connectivity index (χ2n) is 8.99. The predicted octanol–water partition coefficient (Wildman–Crippen LogP) is 5.31. The van der Waals surface area contributed by atoms with Gasteiger partial charge in [0.25, 0.3) is 0 Å². The van der Waals surface area contributed by atoms with Crippen molar-refractivity contribution in [3.8, 4) is 0 Å². The summed E-state index contributed by atoms with van der Waals surface area (Å²) in [5.74, 6) is 0. The van der Waals surface area contributed by atoms with Gasteiger partial charge in [-0.05, 0) is 35.8 Å². The van der Waals surface area contributed by atoms with E-state index in [1.807, 2.05) is 0 Å². The van der Waals surface area contributed by atoms with Crippen molar-refractivity contribution in [2.45, 2.75) is 71.3 Å². The molecule has 1 heterocycles. The van der Waals surface area contributed by atoms with Gasteiger partial charge in [-0.1, -0.05) is 70.3 Å². The molecule has 0 saturated carbocycles. The minimum atomic E-state index is -1.16. The van der Waals surface area contributed by atoms with Crippen molar-refractivity contribution in [2.24, 2.45) is 5.41 Å². The van der Waals surface area contributed by atoms with Crippen LogP contribution in [-0.2, 0) is 0 Å². The van der Waals surface area contributed by atoms with Crippen LogP contribution in [0.5, 0.6) is 0 Å². The van der Waals surface area contributed by atoms with Crippen LogP contribution in [0.3, 0.4) is 0 Å². The predicted molar refractivity (Wildman–Crippen MR) is 97.5 cm³/mol. The normalized spacial score (nSPS) is 27.3. The standard InChI is InChI=1S/C19H33NSi/c1-19(2,3)13-16-12-17(15-10-8-7-9-11-15)20-14-18(16)21(4,5)6/h7-8,10,12,17-18,20H,9,11,13-14H2,1-6H3. The average molecular weight is 304 g/mol. The molecule has 1 nitrogen and oxygen atoms in total. The first-order chi connectivity index (χ1) is 9.67. The van der Waals surface area contributed by atoms with Gasteiger partial charge in [-0.25, -0.2) is 0 Å². The first-order valence-corrected chi connectivity index (χ1v) is 12.0. The Kier molecular flexibility index (Phi) is 4.99. The van der Waals surface area contributed by atoms with E-state index in [0.29, 0.717) is 11.5 Å². The number of hydrogen-bond donors (Lipinski definition) is 1. The summed E-state index contributed by atoms with van der Waals surface area (Å²) >= 11 is 0. The molecular formula is C19H33NSi. The molecule has 0 aromatic heterocycles. The van der Waals surface area contributed by atoms with Crippen molar-refractivity contribution in [1.29, 1.82) is 0 Å². The largest absolute Gasteiger partial charge is 0.307 e. The first kappa shape index (κ1) is 16.8. The third kappa shape index (κ3) is 4.69. The molecule has 0 saturated heterocycles. The Bertz CT molecular complexity index is 457. The Morgan fingerprint density at radius 1 is 1.24 bits per heavy atom. The Balaban J connectivity index is 2.26. The molecule has 1 aliphatic heterocycles. The molecule has 0 aromatic rings. The topological polar surface area (TPSA) is 12.0 Å². The van der Waals surface area contributed by atoms with Gasteiger partial charge in [-0.2, -0.15) is 0 Å². The zero-order chi connectivity index (χ0) is 15.7. The molecule has 1 N–H and O–H groups in total. The molecule has 2 heteroatoms. The van der Waals surface area contributed by atoms with E-state index in [-0.39, 0.29) is 0 Å². The van der Waals surface area contributed by atoms with Crippen LogP contribution in [0.25, 0.3) is 0 Å². The lowest BCUT2D eigenvalue weighted by atomic mass is 9.83. The Labute approximate surface area is 132 Å². The summed E-state index contributed by atoms with van der Waals surface area (Å²) in [7, 11) is -1.16. The van der Waals surface area contributed by atoms with Crippen LogP contribution in [0.2, 0.25) is 25.2 Å². The zero-order valence-electron chi connectivity index (χ0n) is 14.8. The zero-order valence-corrected chi connectivity index (χ0v) is 15.8. The Hall–Kier alpha value is -0.603. The van der Waals surface area contributed by atoms with Gasteiger partial charge in [0.15, 0.2) is 0 Å². The third-order valence-corrected chi connectivity index (χ3v) is 7.26. The highest BCUT2D eigenvalue weighted by atomic mass is 28.3. The molecule has 0 amide bonds. The summed E-state index contributed by atoms with van der Waals surface area (Å²) < 4.78 is 0. The molecule has 0 bridgehead atoms. The van der Waals surface area contributed by atoms with Crippen molar-refractivity contribution in [3.05, 3.63) is 35.5 Å². The van der Waals surface area contributed by atoms with Gasteiger partial charge in [0, 0.05) is 12.6 Å². The minimum Gasteiger partial charge on any atom is -0.307 e. The summed E-state index contributed by atoms with van der Waals surface area (Å²) in [6.07, 6.45) is 13.0. The van der Waals surface area contributed by atoms with Gasteiger partial charge in [0.05, 0.1) is 8.07 Å². The van der Waals surface area contributed by atoms with Gasteiger partial charge in [-0.3, -0.25) is 0 Å². The van der Waals surface area contributed by atoms with E-state index in [1.54, 1.807) is 11.1 Å². The lowest BCUT2D eigenvalue weighted by molar-refractivity contribution is 0.395. The number of allylic oxidation sites excluding steroid dienone is 3. The van der Waals surface area contributed by atoms with Gasteiger partial charge < -0.3 is 5.32 Å². The second-order valence-corrected chi connectivity index (χ2v) is 14.4. The van der Waals surface area contributed by atoms with Crippen molar-refractivity contribution < 1.29 is 0 Å². The van der Waals surface area contributed by atoms with Gasteiger partial charge >= 0.3 is 0 Å². The maximum absolute atomic E-state index is 3.82. The SMILES string of the molecule is CC(C)(C)CC1=CC(C2=CC=CCC2)NCC1[Si](C)(C)C. The van der Waals surface area contributed by atoms with Crippen molar-refractivity contribution in [3.63, 3.8) is 0 Å². The summed E-state index contributed by atoms with van der Waals surface area (Å²) in [5, 5.41) is 3.82. The fraction of sp³-hybridized carbons (Fsp3) is 0.684. The Morgan fingerprint density at radius 3 is 2.48 bits per heavy atom. The molecule has 0 fully saturated rings. The van der Waals surface area contributed by atoms with E-state index < -0.39 is 8.07 Å². The van der Waals surface area contributed by atoms with Crippen LogP contribution >= 0.6 is 0 Å². The van der Waals surface area contributed by atoms with Crippen molar-refractivity contribution >= 4 is 8.07 Å². The first-order valence-electron chi connectivity index (χ1n) is 8.46. The Morgan fingerprint density at radius 2 is 1.95 bits per heavy atom. The molecule has 2 atom stereocenters. The van der Waals surface area contributed by atoms with Gasteiger partial charge in [0.2, 0.25) is 0 Å². The molecule has 2 unspecified atom stereocenters. The van der Waals surface area contributed by atoms with Crippen LogP contribution in [0, 0.1) is 5.41 Å². The van der Waals surface area contributed by atoms with Crippen LogP contribution < -0.4 is 5.32 Å². The highest BCUT2D eigenvalue weighted by Crippen LogP contribution is 2.39. The monoisotopic (exact) mass is 303 g/mol. The van der Waals surface area contributed by atoms with Crippen LogP contribution in [0.4, 0.5) is 0 Å².